The maximum Gasteiger partial charge on any atom is 0.0477 e. The number of hydrogen-bond donors (Lipinski definition) is 1. The van der Waals surface area contributed by atoms with E-state index >= 15 is 0 Å². The van der Waals surface area contributed by atoms with Crippen molar-refractivity contribution in [3.8, 4) is 0 Å². The summed E-state index contributed by atoms with van der Waals surface area (Å²) < 4.78 is 0. The van der Waals surface area contributed by atoms with E-state index in [2.05, 4.69) is 19.6 Å². The van der Waals surface area contributed by atoms with Crippen LogP contribution in [0.4, 0.5) is 0 Å². The van der Waals surface area contributed by atoms with Gasteiger partial charge in [-0.15, -0.1) is 0 Å². The van der Waals surface area contributed by atoms with Crippen LogP contribution in [0.15, 0.2) is 0 Å². The fourth-order valence-corrected chi connectivity index (χ4v) is 4.04. The van der Waals surface area contributed by atoms with Gasteiger partial charge in [-0.2, -0.15) is 0 Å². The van der Waals surface area contributed by atoms with Crippen molar-refractivity contribution in [1.82, 2.24) is 0 Å². The summed E-state index contributed by atoms with van der Waals surface area (Å²) in [6.45, 7) is 7.57. The molecule has 54 valence electrons. The van der Waals surface area contributed by atoms with Crippen LogP contribution in [0, 0.1) is 5.92 Å². The first-order valence-corrected chi connectivity index (χ1v) is 7.24. The predicted molar refractivity (Wildman–Crippen MR) is 42.3 cm³/mol. The van der Waals surface area contributed by atoms with Crippen LogP contribution in [0.3, 0.4) is 0 Å². The Hall–Kier alpha value is 0.177. The van der Waals surface area contributed by atoms with Crippen molar-refractivity contribution in [2.24, 2.45) is 5.92 Å². The molecule has 1 nitrogen and oxygen atoms in total. The molecular weight excluding hydrogens is 128 g/mol. The molecule has 1 aliphatic rings. The van der Waals surface area contributed by atoms with Gasteiger partial charge in [0.1, 0.15) is 0 Å². The van der Waals surface area contributed by atoms with E-state index in [1.54, 1.807) is 0 Å². The van der Waals surface area contributed by atoms with Crippen LogP contribution in [-0.4, -0.2) is 19.8 Å². The predicted octanol–water partition coefficient (Wildman–Crippen LogP) is 1.71. The minimum Gasteiger partial charge on any atom is -0.396 e. The summed E-state index contributed by atoms with van der Waals surface area (Å²) in [5, 5.41) is 8.76. The maximum absolute atomic E-state index is 8.76. The second kappa shape index (κ2) is 2.10. The number of hydrogen-bond acceptors (Lipinski definition) is 1. The van der Waals surface area contributed by atoms with E-state index in [4.69, 9.17) is 5.11 Å². The minimum absolute atomic E-state index is 0.426. The molecule has 0 aromatic heterocycles. The normalized spacial score (nSPS) is 34.7. The van der Waals surface area contributed by atoms with Crippen molar-refractivity contribution in [1.29, 1.82) is 0 Å². The summed E-state index contributed by atoms with van der Waals surface area (Å²) in [6, 6.07) is 0. The Balaban J connectivity index is 2.33. The van der Waals surface area contributed by atoms with Gasteiger partial charge in [0, 0.05) is 14.7 Å². The molecule has 2 atom stereocenters. The molecule has 1 saturated carbocycles. The summed E-state index contributed by atoms with van der Waals surface area (Å²) in [5.74, 6) is 0.677. The van der Waals surface area contributed by atoms with Crippen LogP contribution < -0.4 is 0 Å². The van der Waals surface area contributed by atoms with Gasteiger partial charge < -0.3 is 5.11 Å². The molecule has 0 amide bonds. The second-order valence-electron chi connectivity index (χ2n) is 4.15. The smallest absolute Gasteiger partial charge is 0.0477 e. The van der Waals surface area contributed by atoms with Crippen LogP contribution in [-0.2, 0) is 0 Å². The minimum atomic E-state index is -0.868. The highest BCUT2D eigenvalue weighted by molar-refractivity contribution is 6.78. The van der Waals surface area contributed by atoms with Crippen molar-refractivity contribution >= 4 is 8.07 Å². The molecule has 1 fully saturated rings. The molecule has 0 spiro atoms. The average molecular weight is 144 g/mol. The van der Waals surface area contributed by atoms with Gasteiger partial charge in [0.05, 0.1) is 0 Å². The molecular formula is C7H16OSi. The standard InChI is InChI=1S/C7H16OSi/c1-9(2,3)7-4-6(7)5-8/h6-8H,4-5H2,1-3H3/t6-,7+/m0/s1. The lowest BCUT2D eigenvalue weighted by Crippen LogP contribution is -2.21. The molecule has 0 aliphatic heterocycles. The summed E-state index contributed by atoms with van der Waals surface area (Å²) in [4.78, 5) is 0. The number of aliphatic hydroxyl groups is 1. The lowest BCUT2D eigenvalue weighted by Gasteiger charge is -2.14. The first kappa shape index (κ1) is 7.29. The first-order valence-electron chi connectivity index (χ1n) is 3.66. The Morgan fingerprint density at radius 3 is 2.11 bits per heavy atom. The van der Waals surface area contributed by atoms with Crippen molar-refractivity contribution in [2.45, 2.75) is 31.6 Å². The quantitative estimate of drug-likeness (QED) is 0.585. The third-order valence-corrected chi connectivity index (χ3v) is 5.20. The third kappa shape index (κ3) is 1.55. The van der Waals surface area contributed by atoms with Crippen LogP contribution in [0.5, 0.6) is 0 Å². The SMILES string of the molecule is C[Si](C)(C)[C@@H]1C[C@H]1CO. The van der Waals surface area contributed by atoms with Crippen molar-refractivity contribution in [2.75, 3.05) is 6.61 Å². The van der Waals surface area contributed by atoms with Gasteiger partial charge in [0.2, 0.25) is 0 Å². The molecule has 9 heavy (non-hydrogen) atoms. The van der Waals surface area contributed by atoms with Gasteiger partial charge in [-0.3, -0.25) is 0 Å². The third-order valence-electron chi connectivity index (χ3n) is 2.27. The zero-order valence-electron chi connectivity index (χ0n) is 6.52. The molecule has 0 radical (unpaired) electrons. The Morgan fingerprint density at radius 2 is 2.00 bits per heavy atom. The van der Waals surface area contributed by atoms with Crippen molar-refractivity contribution in [3.63, 3.8) is 0 Å². The lowest BCUT2D eigenvalue weighted by atomic mass is 10.5. The molecule has 1 N–H and O–H groups in total. The molecule has 0 saturated heterocycles. The monoisotopic (exact) mass is 144 g/mol. The van der Waals surface area contributed by atoms with Gasteiger partial charge >= 0.3 is 0 Å². The summed E-state index contributed by atoms with van der Waals surface area (Å²) in [7, 11) is -0.868. The van der Waals surface area contributed by atoms with E-state index < -0.39 is 8.07 Å². The fourth-order valence-electron chi connectivity index (χ4n) is 1.51. The summed E-state index contributed by atoms with van der Waals surface area (Å²) in [6.07, 6.45) is 1.30. The van der Waals surface area contributed by atoms with Crippen LogP contribution >= 0.6 is 0 Å². The Kier molecular flexibility index (Phi) is 1.70. The highest BCUT2D eigenvalue weighted by atomic mass is 28.3. The molecule has 2 heteroatoms. The highest BCUT2D eigenvalue weighted by Crippen LogP contribution is 2.51. The molecule has 0 aromatic carbocycles. The van der Waals surface area contributed by atoms with Gasteiger partial charge in [0.25, 0.3) is 0 Å². The lowest BCUT2D eigenvalue weighted by molar-refractivity contribution is 0.276. The Morgan fingerprint density at radius 1 is 1.44 bits per heavy atom. The topological polar surface area (TPSA) is 20.2 Å². The van der Waals surface area contributed by atoms with Crippen LogP contribution in [0.1, 0.15) is 6.42 Å². The van der Waals surface area contributed by atoms with E-state index in [-0.39, 0.29) is 0 Å². The molecule has 1 aliphatic carbocycles. The largest absolute Gasteiger partial charge is 0.396 e. The zero-order chi connectivity index (χ0) is 7.07. The molecule has 0 unspecified atom stereocenters. The summed E-state index contributed by atoms with van der Waals surface area (Å²) in [5.41, 5.74) is 0.919. The summed E-state index contributed by atoms with van der Waals surface area (Å²) >= 11 is 0. The Labute approximate surface area is 58.1 Å². The van der Waals surface area contributed by atoms with E-state index in [1.807, 2.05) is 0 Å². The maximum atomic E-state index is 8.76. The molecule has 0 bridgehead atoms. The van der Waals surface area contributed by atoms with Gasteiger partial charge in [0.15, 0.2) is 0 Å². The van der Waals surface area contributed by atoms with Gasteiger partial charge in [-0.1, -0.05) is 19.6 Å². The number of rotatable bonds is 2. The zero-order valence-corrected chi connectivity index (χ0v) is 7.52. The number of aliphatic hydroxyl groups excluding tert-OH is 1. The van der Waals surface area contributed by atoms with Crippen molar-refractivity contribution < 1.29 is 5.11 Å². The van der Waals surface area contributed by atoms with Crippen LogP contribution in [0.25, 0.3) is 0 Å². The van der Waals surface area contributed by atoms with Crippen LogP contribution in [0.2, 0.25) is 25.2 Å². The Bertz CT molecular complexity index is 106. The van der Waals surface area contributed by atoms with Gasteiger partial charge in [-0.25, -0.2) is 0 Å². The second-order valence-corrected chi connectivity index (χ2v) is 9.62. The average Bonchev–Trinajstić information content (AvgIpc) is 2.39. The molecule has 0 heterocycles. The molecule has 1 rings (SSSR count). The van der Waals surface area contributed by atoms with E-state index in [0.717, 1.165) is 5.54 Å². The van der Waals surface area contributed by atoms with E-state index in [1.165, 1.54) is 6.42 Å². The van der Waals surface area contributed by atoms with E-state index in [9.17, 15) is 0 Å². The van der Waals surface area contributed by atoms with Crippen molar-refractivity contribution in [3.05, 3.63) is 0 Å². The van der Waals surface area contributed by atoms with Gasteiger partial charge in [-0.05, 0) is 17.9 Å². The first-order chi connectivity index (χ1) is 4.05. The highest BCUT2D eigenvalue weighted by Gasteiger charge is 2.45. The molecule has 0 aromatic rings. The fraction of sp³-hybridized carbons (Fsp3) is 1.00. The van der Waals surface area contributed by atoms with E-state index in [0.29, 0.717) is 12.5 Å².